The van der Waals surface area contributed by atoms with E-state index in [0.717, 1.165) is 6.42 Å². The quantitative estimate of drug-likeness (QED) is 0.364. The predicted molar refractivity (Wildman–Crippen MR) is 44.4 cm³/mol. The third-order valence-corrected chi connectivity index (χ3v) is 0.547. The largest absolute Gasteiger partial charge is 0.503 e. The van der Waals surface area contributed by atoms with Gasteiger partial charge >= 0.3 is 12.3 Å². The highest BCUT2D eigenvalue weighted by molar-refractivity contribution is 5.53. The molecule has 0 amide bonds. The van der Waals surface area contributed by atoms with Crippen molar-refractivity contribution in [1.82, 2.24) is 0 Å². The van der Waals surface area contributed by atoms with Crippen LogP contribution in [0.25, 0.3) is 0 Å². The van der Waals surface area contributed by atoms with Gasteiger partial charge in [-0.05, 0) is 6.42 Å². The Hall–Kier alpha value is -1.54. The van der Waals surface area contributed by atoms with Crippen LogP contribution in [0.3, 0.4) is 0 Å². The Morgan fingerprint density at radius 1 is 1.00 bits per heavy atom. The van der Waals surface area contributed by atoms with E-state index < -0.39 is 18.6 Å². The summed E-state index contributed by atoms with van der Waals surface area (Å²) in [6.45, 7) is 1.90. The van der Waals surface area contributed by atoms with Gasteiger partial charge in [0.15, 0.2) is 6.29 Å². The van der Waals surface area contributed by atoms with E-state index in [1.54, 1.807) is 0 Å². The smallest absolute Gasteiger partial charge is 0.450 e. The molecule has 8 nitrogen and oxygen atoms in total. The molecular formula is C6H14O8. The highest BCUT2D eigenvalue weighted by Crippen LogP contribution is 1.88. The molecule has 14 heavy (non-hydrogen) atoms. The van der Waals surface area contributed by atoms with Crippen molar-refractivity contribution in [2.24, 2.45) is 0 Å². The monoisotopic (exact) mass is 214 g/mol. The summed E-state index contributed by atoms with van der Waals surface area (Å²) in [5.41, 5.74) is 0. The van der Waals surface area contributed by atoms with Gasteiger partial charge in [0.05, 0.1) is 0 Å². The third-order valence-electron chi connectivity index (χ3n) is 0.547. The molecule has 0 saturated heterocycles. The molecule has 0 atom stereocenters. The molecule has 0 rings (SSSR count). The lowest BCUT2D eigenvalue weighted by Crippen LogP contribution is -2.01. The molecule has 86 valence electrons. The van der Waals surface area contributed by atoms with Crippen LogP contribution >= 0.6 is 0 Å². The van der Waals surface area contributed by atoms with Crippen molar-refractivity contribution in [1.29, 1.82) is 0 Å². The summed E-state index contributed by atoms with van der Waals surface area (Å²) in [5, 5.41) is 44.1. The van der Waals surface area contributed by atoms with Crippen LogP contribution in [-0.2, 0) is 0 Å². The molecule has 0 bridgehead atoms. The summed E-state index contributed by atoms with van der Waals surface area (Å²) in [4.78, 5) is 17.1. The van der Waals surface area contributed by atoms with Crippen LogP contribution in [0, 0.1) is 0 Å². The van der Waals surface area contributed by atoms with Gasteiger partial charge in [-0.25, -0.2) is 9.59 Å². The zero-order chi connectivity index (χ0) is 12.1. The van der Waals surface area contributed by atoms with Gasteiger partial charge in [0.1, 0.15) is 0 Å². The first-order chi connectivity index (χ1) is 6.23. The van der Waals surface area contributed by atoms with Crippen LogP contribution < -0.4 is 0 Å². The number of hydrogen-bond acceptors (Lipinski definition) is 4. The van der Waals surface area contributed by atoms with Crippen LogP contribution in [0.1, 0.15) is 19.8 Å². The van der Waals surface area contributed by atoms with E-state index in [1.807, 2.05) is 6.92 Å². The lowest BCUT2D eigenvalue weighted by atomic mass is 10.3. The van der Waals surface area contributed by atoms with Gasteiger partial charge in [-0.2, -0.15) is 0 Å². The zero-order valence-electron chi connectivity index (χ0n) is 7.49. The maximum Gasteiger partial charge on any atom is 0.503 e. The SMILES string of the molecule is CCCC(O)O.O=C(O)O.O=C(O)O. The van der Waals surface area contributed by atoms with Crippen molar-refractivity contribution >= 4 is 12.3 Å². The van der Waals surface area contributed by atoms with Crippen molar-refractivity contribution in [2.45, 2.75) is 26.1 Å². The lowest BCUT2D eigenvalue weighted by molar-refractivity contribution is -0.0453. The second kappa shape index (κ2) is 14.0. The summed E-state index contributed by atoms with van der Waals surface area (Å²) in [7, 11) is 0. The van der Waals surface area contributed by atoms with E-state index in [2.05, 4.69) is 0 Å². The van der Waals surface area contributed by atoms with Crippen LogP contribution in [0.4, 0.5) is 9.59 Å². The van der Waals surface area contributed by atoms with E-state index >= 15 is 0 Å². The average molecular weight is 214 g/mol. The third kappa shape index (κ3) is 439. The van der Waals surface area contributed by atoms with Crippen LogP contribution in [-0.4, -0.2) is 49.2 Å². The summed E-state index contributed by atoms with van der Waals surface area (Å²) >= 11 is 0. The molecule has 0 aliphatic rings. The van der Waals surface area contributed by atoms with Crippen molar-refractivity contribution in [3.05, 3.63) is 0 Å². The number of rotatable bonds is 2. The van der Waals surface area contributed by atoms with Gasteiger partial charge in [0, 0.05) is 0 Å². The van der Waals surface area contributed by atoms with Crippen molar-refractivity contribution < 1.29 is 40.2 Å². The molecule has 0 aromatic heterocycles. The van der Waals surface area contributed by atoms with Gasteiger partial charge in [-0.1, -0.05) is 13.3 Å². The molecule has 6 N–H and O–H groups in total. The van der Waals surface area contributed by atoms with E-state index in [0.29, 0.717) is 6.42 Å². The molecule has 0 aliphatic carbocycles. The summed E-state index contributed by atoms with van der Waals surface area (Å²) in [5.74, 6) is 0. The van der Waals surface area contributed by atoms with E-state index in [4.69, 9.17) is 40.2 Å². The number of aliphatic hydroxyl groups is 2. The minimum Gasteiger partial charge on any atom is -0.450 e. The Labute approximate surface area is 79.7 Å². The molecule has 0 aromatic rings. The summed E-state index contributed by atoms with van der Waals surface area (Å²) in [6, 6.07) is 0. The Balaban J connectivity index is -0.000000135. The standard InChI is InChI=1S/C4H10O2.2CH2O3/c1-2-3-4(5)6;2*2-1(3)4/h4-6H,2-3H2,1H3;2*(H2,2,3,4). The lowest BCUT2D eigenvalue weighted by Gasteiger charge is -1.94. The van der Waals surface area contributed by atoms with Crippen molar-refractivity contribution in [3.8, 4) is 0 Å². The van der Waals surface area contributed by atoms with Crippen molar-refractivity contribution in [2.75, 3.05) is 0 Å². The molecule has 0 unspecified atom stereocenters. The molecule has 0 fully saturated rings. The number of hydrogen-bond donors (Lipinski definition) is 6. The van der Waals surface area contributed by atoms with Crippen LogP contribution in [0.2, 0.25) is 0 Å². The first-order valence-corrected chi connectivity index (χ1v) is 3.43. The van der Waals surface area contributed by atoms with Gasteiger partial charge in [-0.3, -0.25) is 0 Å². The number of carboxylic acid groups (broad SMARTS) is 4. The van der Waals surface area contributed by atoms with Crippen molar-refractivity contribution in [3.63, 3.8) is 0 Å². The zero-order valence-corrected chi connectivity index (χ0v) is 7.49. The Morgan fingerprint density at radius 2 is 1.21 bits per heavy atom. The minimum absolute atomic E-state index is 0.486. The Morgan fingerprint density at radius 3 is 1.21 bits per heavy atom. The van der Waals surface area contributed by atoms with E-state index in [-0.39, 0.29) is 0 Å². The maximum atomic E-state index is 8.56. The summed E-state index contributed by atoms with van der Waals surface area (Å²) < 4.78 is 0. The summed E-state index contributed by atoms with van der Waals surface area (Å²) in [6.07, 6.45) is -3.45. The molecule has 0 spiro atoms. The normalized spacial score (nSPS) is 7.71. The maximum absolute atomic E-state index is 8.56. The highest BCUT2D eigenvalue weighted by Gasteiger charge is 1.89. The fourth-order valence-corrected chi connectivity index (χ4v) is 0.258. The van der Waals surface area contributed by atoms with Gasteiger partial charge in [-0.15, -0.1) is 0 Å². The Bertz CT molecular complexity index is 123. The van der Waals surface area contributed by atoms with E-state index in [9.17, 15) is 0 Å². The second-order valence-corrected chi connectivity index (χ2v) is 1.83. The molecule has 0 aromatic carbocycles. The highest BCUT2D eigenvalue weighted by atomic mass is 16.6. The number of carbonyl (C=O) groups is 2. The molecule has 0 saturated carbocycles. The minimum atomic E-state index is -1.83. The first-order valence-electron chi connectivity index (χ1n) is 3.43. The van der Waals surface area contributed by atoms with Gasteiger partial charge in [0.2, 0.25) is 0 Å². The molecular weight excluding hydrogens is 200 g/mol. The van der Waals surface area contributed by atoms with Crippen LogP contribution in [0.5, 0.6) is 0 Å². The van der Waals surface area contributed by atoms with Gasteiger partial charge < -0.3 is 30.6 Å². The number of aliphatic hydroxyl groups excluding tert-OH is 1. The predicted octanol–water partition coefficient (Wildman–Crippen LogP) is 0.542. The molecule has 0 aliphatic heterocycles. The topological polar surface area (TPSA) is 156 Å². The molecule has 0 heterocycles. The molecule has 0 radical (unpaired) electrons. The van der Waals surface area contributed by atoms with E-state index in [1.165, 1.54) is 0 Å². The fraction of sp³-hybridized carbons (Fsp3) is 0.667. The van der Waals surface area contributed by atoms with Gasteiger partial charge in [0.25, 0.3) is 0 Å². The van der Waals surface area contributed by atoms with Crippen LogP contribution in [0.15, 0.2) is 0 Å². The second-order valence-electron chi connectivity index (χ2n) is 1.83. The Kier molecular flexibility index (Phi) is 18.3. The first kappa shape index (κ1) is 18.3. The molecule has 8 heteroatoms. The average Bonchev–Trinajstić information content (AvgIpc) is 1.82. The fourth-order valence-electron chi connectivity index (χ4n) is 0.258.